The van der Waals surface area contributed by atoms with Crippen LogP contribution in [0.25, 0.3) is 0 Å². The number of rotatable bonds is 2. The van der Waals surface area contributed by atoms with Crippen LogP contribution in [0.4, 0.5) is 5.69 Å². The highest BCUT2D eigenvalue weighted by molar-refractivity contribution is 5.57. The number of benzene rings is 1. The zero-order valence-electron chi connectivity index (χ0n) is 8.84. The molecule has 0 aliphatic carbocycles. The molecule has 1 atom stereocenters. The molecule has 1 heterocycles. The molecule has 1 N–H and O–H groups in total. The Balaban J connectivity index is 2.38. The van der Waals surface area contributed by atoms with Crippen LogP contribution < -0.4 is 10.1 Å². The number of nitrogens with one attached hydrogen (secondary N) is 1. The summed E-state index contributed by atoms with van der Waals surface area (Å²) >= 11 is 0. The third-order valence-corrected chi connectivity index (χ3v) is 3.00. The van der Waals surface area contributed by atoms with Crippen molar-refractivity contribution >= 4 is 5.69 Å². The lowest BCUT2D eigenvalue weighted by Gasteiger charge is -2.26. The first-order valence-electron chi connectivity index (χ1n) is 5.27. The maximum absolute atomic E-state index is 5.25. The van der Waals surface area contributed by atoms with Crippen molar-refractivity contribution in [2.45, 2.75) is 25.7 Å². The number of hydrogen-bond acceptors (Lipinski definition) is 2. The van der Waals surface area contributed by atoms with Gasteiger partial charge in [0.2, 0.25) is 0 Å². The van der Waals surface area contributed by atoms with E-state index in [2.05, 4.69) is 24.4 Å². The number of hydrogen-bond donors (Lipinski definition) is 1. The van der Waals surface area contributed by atoms with Crippen LogP contribution >= 0.6 is 0 Å². The Labute approximate surface area is 85.3 Å². The van der Waals surface area contributed by atoms with Gasteiger partial charge in [-0.15, -0.1) is 0 Å². The first-order valence-corrected chi connectivity index (χ1v) is 5.27. The second-order valence-corrected chi connectivity index (χ2v) is 3.77. The summed E-state index contributed by atoms with van der Waals surface area (Å²) in [5.74, 6) is 1.66. The van der Waals surface area contributed by atoms with Crippen LogP contribution in [-0.2, 0) is 0 Å². The van der Waals surface area contributed by atoms with E-state index in [0.29, 0.717) is 5.92 Å². The summed E-state index contributed by atoms with van der Waals surface area (Å²) in [5.41, 5.74) is 2.70. The molecular weight excluding hydrogens is 174 g/mol. The Kier molecular flexibility index (Phi) is 2.62. The Morgan fingerprint density at radius 1 is 1.50 bits per heavy atom. The van der Waals surface area contributed by atoms with Crippen LogP contribution in [0, 0.1) is 0 Å². The SMILES string of the molecule is CCC1CCNc2ccc(OC)cc21. The van der Waals surface area contributed by atoms with Gasteiger partial charge in [0.05, 0.1) is 7.11 Å². The van der Waals surface area contributed by atoms with Crippen LogP contribution in [0.3, 0.4) is 0 Å². The second-order valence-electron chi connectivity index (χ2n) is 3.77. The van der Waals surface area contributed by atoms with Gasteiger partial charge in [0.15, 0.2) is 0 Å². The largest absolute Gasteiger partial charge is 0.497 e. The van der Waals surface area contributed by atoms with Gasteiger partial charge in [0, 0.05) is 12.2 Å². The van der Waals surface area contributed by atoms with Gasteiger partial charge in [-0.25, -0.2) is 0 Å². The van der Waals surface area contributed by atoms with Crippen molar-refractivity contribution in [3.8, 4) is 5.75 Å². The van der Waals surface area contributed by atoms with Crippen molar-refractivity contribution in [2.24, 2.45) is 0 Å². The van der Waals surface area contributed by atoms with Crippen molar-refractivity contribution < 1.29 is 4.74 Å². The maximum atomic E-state index is 5.25. The second kappa shape index (κ2) is 3.91. The molecule has 0 fully saturated rings. The van der Waals surface area contributed by atoms with E-state index in [1.54, 1.807) is 7.11 Å². The van der Waals surface area contributed by atoms with Gasteiger partial charge in [-0.05, 0) is 42.5 Å². The van der Waals surface area contributed by atoms with Crippen LogP contribution in [0.5, 0.6) is 5.75 Å². The van der Waals surface area contributed by atoms with Crippen LogP contribution in [0.15, 0.2) is 18.2 Å². The molecule has 0 saturated carbocycles. The standard InChI is InChI=1S/C12H17NO/c1-3-9-6-7-13-12-5-4-10(14-2)8-11(9)12/h4-5,8-9,13H,3,6-7H2,1-2H3. The maximum Gasteiger partial charge on any atom is 0.119 e. The van der Waals surface area contributed by atoms with Crippen molar-refractivity contribution in [1.82, 2.24) is 0 Å². The van der Waals surface area contributed by atoms with E-state index in [1.807, 2.05) is 6.07 Å². The summed E-state index contributed by atoms with van der Waals surface area (Å²) in [4.78, 5) is 0. The Bertz CT molecular complexity index is 322. The van der Waals surface area contributed by atoms with E-state index in [1.165, 1.54) is 24.1 Å². The topological polar surface area (TPSA) is 21.3 Å². The normalized spacial score (nSPS) is 19.7. The Morgan fingerprint density at radius 3 is 3.07 bits per heavy atom. The van der Waals surface area contributed by atoms with E-state index in [-0.39, 0.29) is 0 Å². The van der Waals surface area contributed by atoms with Gasteiger partial charge in [0.1, 0.15) is 5.75 Å². The monoisotopic (exact) mass is 191 g/mol. The minimum absolute atomic E-state index is 0.696. The molecule has 1 aliphatic heterocycles. The lowest BCUT2D eigenvalue weighted by molar-refractivity contribution is 0.413. The summed E-state index contributed by atoms with van der Waals surface area (Å²) < 4.78 is 5.25. The van der Waals surface area contributed by atoms with E-state index in [9.17, 15) is 0 Å². The molecule has 2 rings (SSSR count). The highest BCUT2D eigenvalue weighted by Crippen LogP contribution is 2.35. The third kappa shape index (κ3) is 1.57. The quantitative estimate of drug-likeness (QED) is 0.776. The summed E-state index contributed by atoms with van der Waals surface area (Å²) in [6, 6.07) is 6.30. The zero-order valence-corrected chi connectivity index (χ0v) is 8.84. The lowest BCUT2D eigenvalue weighted by atomic mass is 9.89. The fourth-order valence-corrected chi connectivity index (χ4v) is 2.13. The molecule has 76 valence electrons. The van der Waals surface area contributed by atoms with Gasteiger partial charge >= 0.3 is 0 Å². The zero-order chi connectivity index (χ0) is 9.97. The molecule has 14 heavy (non-hydrogen) atoms. The van der Waals surface area contributed by atoms with Gasteiger partial charge < -0.3 is 10.1 Å². The average Bonchev–Trinajstić information content (AvgIpc) is 2.27. The summed E-state index contributed by atoms with van der Waals surface area (Å²) in [5, 5.41) is 3.42. The molecule has 1 aromatic carbocycles. The molecule has 1 aromatic rings. The van der Waals surface area contributed by atoms with Crippen molar-refractivity contribution in [3.05, 3.63) is 23.8 Å². The van der Waals surface area contributed by atoms with Crippen LogP contribution in [0.1, 0.15) is 31.2 Å². The van der Waals surface area contributed by atoms with E-state index < -0.39 is 0 Å². The third-order valence-electron chi connectivity index (χ3n) is 3.00. The molecule has 2 heteroatoms. The first-order chi connectivity index (χ1) is 6.85. The molecule has 0 bridgehead atoms. The molecular formula is C12H17NO. The van der Waals surface area contributed by atoms with Crippen LogP contribution in [-0.4, -0.2) is 13.7 Å². The predicted molar refractivity (Wildman–Crippen MR) is 59.1 cm³/mol. The summed E-state index contributed by atoms with van der Waals surface area (Å²) in [6.07, 6.45) is 2.44. The summed E-state index contributed by atoms with van der Waals surface area (Å²) in [6.45, 7) is 3.34. The van der Waals surface area contributed by atoms with E-state index in [0.717, 1.165) is 12.3 Å². The van der Waals surface area contributed by atoms with Crippen LogP contribution in [0.2, 0.25) is 0 Å². The molecule has 2 nitrogen and oxygen atoms in total. The molecule has 0 spiro atoms. The fraction of sp³-hybridized carbons (Fsp3) is 0.500. The molecule has 0 saturated heterocycles. The van der Waals surface area contributed by atoms with E-state index >= 15 is 0 Å². The minimum atomic E-state index is 0.696. The fourth-order valence-electron chi connectivity index (χ4n) is 2.13. The predicted octanol–water partition coefficient (Wildman–Crippen LogP) is 3.00. The molecule has 1 aliphatic rings. The van der Waals surface area contributed by atoms with Crippen molar-refractivity contribution in [1.29, 1.82) is 0 Å². The Morgan fingerprint density at radius 2 is 2.36 bits per heavy atom. The van der Waals surface area contributed by atoms with Gasteiger partial charge in [-0.3, -0.25) is 0 Å². The lowest BCUT2D eigenvalue weighted by Crippen LogP contribution is -2.16. The molecule has 0 aromatic heterocycles. The number of methoxy groups -OCH3 is 1. The van der Waals surface area contributed by atoms with Crippen molar-refractivity contribution in [3.63, 3.8) is 0 Å². The minimum Gasteiger partial charge on any atom is -0.497 e. The Hall–Kier alpha value is -1.18. The molecule has 0 amide bonds. The van der Waals surface area contributed by atoms with Gasteiger partial charge in [0.25, 0.3) is 0 Å². The number of fused-ring (bicyclic) bond motifs is 1. The smallest absolute Gasteiger partial charge is 0.119 e. The van der Waals surface area contributed by atoms with Gasteiger partial charge in [-0.2, -0.15) is 0 Å². The molecule has 0 radical (unpaired) electrons. The average molecular weight is 191 g/mol. The highest BCUT2D eigenvalue weighted by Gasteiger charge is 2.18. The highest BCUT2D eigenvalue weighted by atomic mass is 16.5. The van der Waals surface area contributed by atoms with E-state index in [4.69, 9.17) is 4.74 Å². The van der Waals surface area contributed by atoms with Gasteiger partial charge in [-0.1, -0.05) is 6.92 Å². The first kappa shape index (κ1) is 9.38. The number of anilines is 1. The summed E-state index contributed by atoms with van der Waals surface area (Å²) in [7, 11) is 1.72. The van der Waals surface area contributed by atoms with Crippen molar-refractivity contribution in [2.75, 3.05) is 19.0 Å². The molecule has 1 unspecified atom stereocenters. The number of ether oxygens (including phenoxy) is 1.